The minimum absolute atomic E-state index is 0.163. The van der Waals surface area contributed by atoms with E-state index >= 15 is 0 Å². The summed E-state index contributed by atoms with van der Waals surface area (Å²) in [5.41, 5.74) is 2.53. The monoisotopic (exact) mass is 286 g/mol. The van der Waals surface area contributed by atoms with Crippen molar-refractivity contribution in [1.82, 2.24) is 20.4 Å². The van der Waals surface area contributed by atoms with E-state index in [1.807, 2.05) is 16.9 Å². The number of hydrogen-bond donors (Lipinski definition) is 2. The van der Waals surface area contributed by atoms with Crippen LogP contribution < -0.4 is 10.6 Å². The highest BCUT2D eigenvalue weighted by Crippen LogP contribution is 2.09. The molecule has 1 atom stereocenters. The molecule has 4 nitrogen and oxygen atoms in total. The van der Waals surface area contributed by atoms with E-state index in [0.717, 1.165) is 18.8 Å². The molecule has 1 unspecified atom stereocenters. The lowest BCUT2D eigenvalue weighted by molar-refractivity contribution is 0.387. The summed E-state index contributed by atoms with van der Waals surface area (Å²) in [6, 6.07) is 10.8. The Hall–Kier alpha value is -1.65. The number of nitrogens with one attached hydrogen (secondary N) is 2. The molecule has 2 aromatic rings. The fourth-order valence-electron chi connectivity index (χ4n) is 2.05. The van der Waals surface area contributed by atoms with Gasteiger partial charge in [-0.25, -0.2) is 4.68 Å². The van der Waals surface area contributed by atoms with Gasteiger partial charge in [-0.15, -0.1) is 0 Å². The largest absolute Gasteiger partial charge is 0.311 e. The van der Waals surface area contributed by atoms with Gasteiger partial charge in [0.05, 0.1) is 5.69 Å². The average Bonchev–Trinajstić information content (AvgIpc) is 2.96. The second-order valence-corrected chi connectivity index (χ2v) is 6.53. The predicted octanol–water partition coefficient (Wildman–Crippen LogP) is 2.74. The van der Waals surface area contributed by atoms with E-state index in [2.05, 4.69) is 67.7 Å². The Balaban J connectivity index is 1.87. The smallest absolute Gasteiger partial charge is 0.0648 e. The van der Waals surface area contributed by atoms with Gasteiger partial charge in [-0.05, 0) is 51.5 Å². The summed E-state index contributed by atoms with van der Waals surface area (Å²) in [6.07, 6.45) is 3.76. The van der Waals surface area contributed by atoms with Crippen molar-refractivity contribution in [2.24, 2.45) is 0 Å². The molecule has 0 bridgehead atoms. The van der Waals surface area contributed by atoms with Crippen molar-refractivity contribution in [3.63, 3.8) is 0 Å². The number of benzene rings is 1. The van der Waals surface area contributed by atoms with Crippen LogP contribution in [0.3, 0.4) is 0 Å². The van der Waals surface area contributed by atoms with Crippen LogP contribution >= 0.6 is 0 Å². The fourth-order valence-corrected chi connectivity index (χ4v) is 2.05. The molecule has 114 valence electrons. The second kappa shape index (κ2) is 6.87. The van der Waals surface area contributed by atoms with Gasteiger partial charge in [0.25, 0.3) is 0 Å². The maximum absolute atomic E-state index is 4.27. The Kier molecular flexibility index (Phi) is 5.15. The molecule has 0 aliphatic heterocycles. The lowest BCUT2D eigenvalue weighted by atomic mass is 10.1. The number of hydrogen-bond acceptors (Lipinski definition) is 3. The lowest BCUT2D eigenvalue weighted by Gasteiger charge is -2.24. The van der Waals surface area contributed by atoms with E-state index in [9.17, 15) is 0 Å². The van der Waals surface area contributed by atoms with Crippen molar-refractivity contribution in [2.75, 3.05) is 6.54 Å². The Labute approximate surface area is 127 Å². The van der Waals surface area contributed by atoms with Gasteiger partial charge in [0, 0.05) is 37.1 Å². The van der Waals surface area contributed by atoms with Crippen LogP contribution in [0.4, 0.5) is 0 Å². The first-order chi connectivity index (χ1) is 9.94. The molecule has 1 heterocycles. The van der Waals surface area contributed by atoms with Crippen molar-refractivity contribution in [2.45, 2.75) is 45.8 Å². The van der Waals surface area contributed by atoms with Gasteiger partial charge >= 0.3 is 0 Å². The molecule has 0 aliphatic carbocycles. The first-order valence-corrected chi connectivity index (χ1v) is 7.51. The minimum Gasteiger partial charge on any atom is -0.311 e. The highest BCUT2D eigenvalue weighted by atomic mass is 15.3. The van der Waals surface area contributed by atoms with Crippen molar-refractivity contribution in [3.05, 3.63) is 48.3 Å². The Morgan fingerprint density at radius 3 is 2.71 bits per heavy atom. The van der Waals surface area contributed by atoms with Crippen LogP contribution in [0.1, 0.15) is 33.3 Å². The fraction of sp³-hybridized carbons (Fsp3) is 0.471. The van der Waals surface area contributed by atoms with E-state index < -0.39 is 0 Å². The third-order valence-corrected chi connectivity index (χ3v) is 3.27. The zero-order valence-electron chi connectivity index (χ0n) is 13.4. The summed E-state index contributed by atoms with van der Waals surface area (Å²) >= 11 is 0. The standard InChI is InChI=1S/C17H26N4/c1-14(12-19-17(2,3)4)18-13-15-7-5-8-16(11-15)21-10-6-9-20-21/h5-11,14,18-19H,12-13H2,1-4H3. The number of rotatable bonds is 6. The molecule has 0 aliphatic rings. The van der Waals surface area contributed by atoms with E-state index in [0.29, 0.717) is 6.04 Å². The van der Waals surface area contributed by atoms with Crippen LogP contribution in [0, 0.1) is 0 Å². The third kappa shape index (κ3) is 5.33. The van der Waals surface area contributed by atoms with E-state index in [1.54, 1.807) is 6.20 Å². The topological polar surface area (TPSA) is 41.9 Å². The van der Waals surface area contributed by atoms with Gasteiger partial charge in [0.1, 0.15) is 0 Å². The SMILES string of the molecule is CC(CNC(C)(C)C)NCc1cccc(-n2cccn2)c1. The summed E-state index contributed by atoms with van der Waals surface area (Å²) in [5, 5.41) is 11.3. The second-order valence-electron chi connectivity index (χ2n) is 6.53. The zero-order chi connectivity index (χ0) is 15.3. The summed E-state index contributed by atoms with van der Waals surface area (Å²) in [4.78, 5) is 0. The average molecular weight is 286 g/mol. The van der Waals surface area contributed by atoms with Gasteiger partial charge < -0.3 is 10.6 Å². The van der Waals surface area contributed by atoms with Gasteiger partial charge in [-0.3, -0.25) is 0 Å². The predicted molar refractivity (Wildman–Crippen MR) is 87.6 cm³/mol. The highest BCUT2D eigenvalue weighted by Gasteiger charge is 2.10. The van der Waals surface area contributed by atoms with Crippen LogP contribution in [-0.2, 0) is 6.54 Å². The molecule has 2 N–H and O–H groups in total. The molecule has 0 fully saturated rings. The van der Waals surface area contributed by atoms with E-state index in [-0.39, 0.29) is 5.54 Å². The first-order valence-electron chi connectivity index (χ1n) is 7.51. The molecular formula is C17H26N4. The molecule has 2 rings (SSSR count). The lowest BCUT2D eigenvalue weighted by Crippen LogP contribution is -2.44. The van der Waals surface area contributed by atoms with Crippen molar-refractivity contribution in [3.8, 4) is 5.69 Å². The Morgan fingerprint density at radius 1 is 1.24 bits per heavy atom. The van der Waals surface area contributed by atoms with Crippen molar-refractivity contribution in [1.29, 1.82) is 0 Å². The van der Waals surface area contributed by atoms with Crippen molar-refractivity contribution >= 4 is 0 Å². The molecule has 0 spiro atoms. The molecule has 21 heavy (non-hydrogen) atoms. The van der Waals surface area contributed by atoms with Crippen LogP contribution in [0.5, 0.6) is 0 Å². The molecule has 0 saturated heterocycles. The maximum Gasteiger partial charge on any atom is 0.0648 e. The quantitative estimate of drug-likeness (QED) is 0.858. The van der Waals surface area contributed by atoms with Crippen LogP contribution in [0.25, 0.3) is 5.69 Å². The molecule has 1 aromatic heterocycles. The number of nitrogens with zero attached hydrogens (tertiary/aromatic N) is 2. The summed E-state index contributed by atoms with van der Waals surface area (Å²) in [6.45, 7) is 10.6. The maximum atomic E-state index is 4.27. The highest BCUT2D eigenvalue weighted by molar-refractivity contribution is 5.34. The van der Waals surface area contributed by atoms with Crippen molar-refractivity contribution < 1.29 is 0 Å². The normalized spacial score (nSPS) is 13.3. The number of aromatic nitrogens is 2. The Bertz CT molecular complexity index is 540. The summed E-state index contributed by atoms with van der Waals surface area (Å²) in [7, 11) is 0. The van der Waals surface area contributed by atoms with Crippen LogP contribution in [0.15, 0.2) is 42.7 Å². The zero-order valence-corrected chi connectivity index (χ0v) is 13.4. The van der Waals surface area contributed by atoms with Gasteiger partial charge in [0.2, 0.25) is 0 Å². The molecule has 0 saturated carbocycles. The van der Waals surface area contributed by atoms with Crippen LogP contribution in [-0.4, -0.2) is 27.9 Å². The summed E-state index contributed by atoms with van der Waals surface area (Å²) in [5.74, 6) is 0. The molecule has 4 heteroatoms. The third-order valence-electron chi connectivity index (χ3n) is 3.27. The van der Waals surface area contributed by atoms with Crippen LogP contribution in [0.2, 0.25) is 0 Å². The molecular weight excluding hydrogens is 260 g/mol. The first kappa shape index (κ1) is 15.7. The molecule has 0 radical (unpaired) electrons. The minimum atomic E-state index is 0.163. The molecule has 0 amide bonds. The van der Waals surface area contributed by atoms with Gasteiger partial charge in [-0.2, -0.15) is 5.10 Å². The van der Waals surface area contributed by atoms with E-state index in [4.69, 9.17) is 0 Å². The summed E-state index contributed by atoms with van der Waals surface area (Å²) < 4.78 is 1.88. The van der Waals surface area contributed by atoms with Gasteiger partial charge in [0.15, 0.2) is 0 Å². The molecule has 1 aromatic carbocycles. The Morgan fingerprint density at radius 2 is 2.05 bits per heavy atom. The van der Waals surface area contributed by atoms with Gasteiger partial charge in [-0.1, -0.05) is 12.1 Å². The van der Waals surface area contributed by atoms with E-state index in [1.165, 1.54) is 5.56 Å².